The van der Waals surface area contributed by atoms with Crippen molar-refractivity contribution < 1.29 is 19.1 Å². The highest BCUT2D eigenvalue weighted by Gasteiger charge is 2.11. The fourth-order valence-corrected chi connectivity index (χ4v) is 2.66. The molecule has 3 rings (SSSR count). The molecule has 0 saturated heterocycles. The molecule has 0 spiro atoms. The van der Waals surface area contributed by atoms with E-state index in [4.69, 9.17) is 9.47 Å². The van der Waals surface area contributed by atoms with E-state index < -0.39 is 11.9 Å². The van der Waals surface area contributed by atoms with Crippen LogP contribution in [0.25, 0.3) is 0 Å². The number of carbonyl (C=O) groups excluding carboxylic acids is 2. The molecule has 0 aliphatic heterocycles. The summed E-state index contributed by atoms with van der Waals surface area (Å²) in [4.78, 5) is 24.5. The molecular formula is C24H22O4. The lowest BCUT2D eigenvalue weighted by atomic mass is 10.1. The van der Waals surface area contributed by atoms with Crippen LogP contribution in [-0.4, -0.2) is 11.9 Å². The van der Waals surface area contributed by atoms with Gasteiger partial charge in [-0.1, -0.05) is 38.1 Å². The van der Waals surface area contributed by atoms with Gasteiger partial charge in [0.25, 0.3) is 0 Å². The number of carbonyl (C=O) groups is 2. The first-order valence-corrected chi connectivity index (χ1v) is 9.31. The second-order valence-corrected chi connectivity index (χ2v) is 6.35. The predicted molar refractivity (Wildman–Crippen MR) is 108 cm³/mol. The highest BCUT2D eigenvalue weighted by Crippen LogP contribution is 2.18. The van der Waals surface area contributed by atoms with Crippen molar-refractivity contribution in [1.29, 1.82) is 0 Å². The van der Waals surface area contributed by atoms with Crippen molar-refractivity contribution in [3.8, 4) is 11.5 Å². The number of hydrogen-bond acceptors (Lipinski definition) is 4. The predicted octanol–water partition coefficient (Wildman–Crippen LogP) is 5.25. The normalized spacial score (nSPS) is 10.4. The minimum Gasteiger partial charge on any atom is -0.423 e. The first-order chi connectivity index (χ1) is 13.6. The smallest absolute Gasteiger partial charge is 0.343 e. The average molecular weight is 374 g/mol. The fraction of sp³-hybridized carbons (Fsp3) is 0.167. The summed E-state index contributed by atoms with van der Waals surface area (Å²) < 4.78 is 10.7. The molecule has 4 nitrogen and oxygen atoms in total. The Morgan fingerprint density at radius 3 is 1.29 bits per heavy atom. The third-order valence-corrected chi connectivity index (χ3v) is 4.44. The van der Waals surface area contributed by atoms with Gasteiger partial charge in [-0.25, -0.2) is 9.59 Å². The van der Waals surface area contributed by atoms with Gasteiger partial charge in [-0.2, -0.15) is 0 Å². The van der Waals surface area contributed by atoms with Crippen LogP contribution in [0.3, 0.4) is 0 Å². The van der Waals surface area contributed by atoms with E-state index in [1.54, 1.807) is 48.5 Å². The van der Waals surface area contributed by atoms with Crippen LogP contribution in [0.4, 0.5) is 0 Å². The third kappa shape index (κ3) is 4.86. The van der Waals surface area contributed by atoms with Crippen molar-refractivity contribution in [2.45, 2.75) is 26.7 Å². The first kappa shape index (κ1) is 19.4. The van der Waals surface area contributed by atoms with Crippen molar-refractivity contribution in [3.63, 3.8) is 0 Å². The Balaban J connectivity index is 1.61. The number of aryl methyl sites for hydroxylation is 2. The van der Waals surface area contributed by atoms with Crippen molar-refractivity contribution in [2.75, 3.05) is 0 Å². The molecule has 3 aromatic carbocycles. The zero-order chi connectivity index (χ0) is 19.9. The summed E-state index contributed by atoms with van der Waals surface area (Å²) in [6, 6.07) is 21.0. The van der Waals surface area contributed by atoms with E-state index in [2.05, 4.69) is 13.8 Å². The van der Waals surface area contributed by atoms with Crippen LogP contribution >= 0.6 is 0 Å². The van der Waals surface area contributed by atoms with E-state index in [0.717, 1.165) is 18.4 Å². The van der Waals surface area contributed by atoms with Crippen molar-refractivity contribution >= 4 is 11.9 Å². The summed E-state index contributed by atoms with van der Waals surface area (Å²) in [5.74, 6) is -0.0343. The summed E-state index contributed by atoms with van der Waals surface area (Å²) in [6.45, 7) is 4.12. The maximum Gasteiger partial charge on any atom is 0.343 e. The second kappa shape index (κ2) is 9.00. The van der Waals surface area contributed by atoms with Gasteiger partial charge in [0.2, 0.25) is 0 Å². The minimum atomic E-state index is -0.461. The SMILES string of the molecule is CCc1ccc(OC(=O)c2ccc(OC(=O)c3ccc(CC)cc3)cc2)cc1. The molecule has 0 aliphatic rings. The highest BCUT2D eigenvalue weighted by atomic mass is 16.5. The Kier molecular flexibility index (Phi) is 6.22. The molecule has 142 valence electrons. The molecule has 0 bridgehead atoms. The third-order valence-electron chi connectivity index (χ3n) is 4.44. The lowest BCUT2D eigenvalue weighted by Gasteiger charge is -2.07. The molecule has 0 N–H and O–H groups in total. The molecule has 4 heteroatoms. The van der Waals surface area contributed by atoms with E-state index in [9.17, 15) is 9.59 Å². The van der Waals surface area contributed by atoms with Gasteiger partial charge in [0, 0.05) is 0 Å². The Hall–Kier alpha value is -3.40. The van der Waals surface area contributed by atoms with Gasteiger partial charge in [0.1, 0.15) is 11.5 Å². The topological polar surface area (TPSA) is 52.6 Å². The fourth-order valence-electron chi connectivity index (χ4n) is 2.66. The monoisotopic (exact) mass is 374 g/mol. The van der Waals surface area contributed by atoms with Crippen LogP contribution in [0.15, 0.2) is 72.8 Å². The number of esters is 2. The molecule has 0 aliphatic carbocycles. The van der Waals surface area contributed by atoms with Gasteiger partial charge in [0.05, 0.1) is 11.1 Å². The molecule has 0 saturated carbocycles. The summed E-state index contributed by atoms with van der Waals surface area (Å²) in [7, 11) is 0. The van der Waals surface area contributed by atoms with E-state index in [-0.39, 0.29) is 0 Å². The number of benzene rings is 3. The zero-order valence-electron chi connectivity index (χ0n) is 16.0. The summed E-state index contributed by atoms with van der Waals surface area (Å²) in [6.07, 6.45) is 1.84. The lowest BCUT2D eigenvalue weighted by molar-refractivity contribution is 0.0730. The van der Waals surface area contributed by atoms with Crippen molar-refractivity contribution in [3.05, 3.63) is 95.1 Å². The van der Waals surface area contributed by atoms with Crippen LogP contribution in [0.2, 0.25) is 0 Å². The molecular weight excluding hydrogens is 352 g/mol. The van der Waals surface area contributed by atoms with Crippen LogP contribution in [0.5, 0.6) is 11.5 Å². The van der Waals surface area contributed by atoms with Gasteiger partial charge in [-0.15, -0.1) is 0 Å². The van der Waals surface area contributed by atoms with Crippen molar-refractivity contribution in [2.24, 2.45) is 0 Å². The summed E-state index contributed by atoms with van der Waals surface area (Å²) in [5, 5.41) is 0. The van der Waals surface area contributed by atoms with E-state index >= 15 is 0 Å². The van der Waals surface area contributed by atoms with Crippen LogP contribution < -0.4 is 9.47 Å². The standard InChI is InChI=1S/C24H22O4/c1-3-17-5-9-19(10-6-17)23(25)28-22-15-11-20(12-16-22)24(26)27-21-13-7-18(4-2)8-14-21/h5-16H,3-4H2,1-2H3. The van der Waals surface area contributed by atoms with Crippen LogP contribution in [-0.2, 0) is 12.8 Å². The molecule has 28 heavy (non-hydrogen) atoms. The van der Waals surface area contributed by atoms with Gasteiger partial charge >= 0.3 is 11.9 Å². The lowest BCUT2D eigenvalue weighted by Crippen LogP contribution is -2.10. The molecule has 0 heterocycles. The van der Waals surface area contributed by atoms with E-state index in [1.807, 2.05) is 24.3 Å². The summed E-state index contributed by atoms with van der Waals surface area (Å²) in [5.41, 5.74) is 3.20. The molecule has 0 unspecified atom stereocenters. The Morgan fingerprint density at radius 2 is 0.893 bits per heavy atom. The Bertz CT molecular complexity index is 939. The first-order valence-electron chi connectivity index (χ1n) is 9.31. The zero-order valence-corrected chi connectivity index (χ0v) is 16.0. The molecule has 0 amide bonds. The number of ether oxygens (including phenoxy) is 2. The molecule has 0 fully saturated rings. The van der Waals surface area contributed by atoms with Gasteiger partial charge in [-0.3, -0.25) is 0 Å². The van der Waals surface area contributed by atoms with Gasteiger partial charge in [0.15, 0.2) is 0 Å². The summed E-state index contributed by atoms with van der Waals surface area (Å²) >= 11 is 0. The van der Waals surface area contributed by atoms with Crippen LogP contribution in [0.1, 0.15) is 45.7 Å². The molecule has 0 aromatic heterocycles. The van der Waals surface area contributed by atoms with E-state index in [0.29, 0.717) is 22.6 Å². The number of rotatable bonds is 6. The largest absolute Gasteiger partial charge is 0.423 e. The van der Waals surface area contributed by atoms with Crippen molar-refractivity contribution in [1.82, 2.24) is 0 Å². The maximum atomic E-state index is 12.3. The van der Waals surface area contributed by atoms with Crippen LogP contribution in [0, 0.1) is 0 Å². The highest BCUT2D eigenvalue weighted by molar-refractivity contribution is 5.92. The molecule has 0 radical (unpaired) electrons. The Labute approximate surface area is 164 Å². The quantitative estimate of drug-likeness (QED) is 0.437. The van der Waals surface area contributed by atoms with E-state index in [1.165, 1.54) is 5.56 Å². The minimum absolute atomic E-state index is 0.369. The molecule has 3 aromatic rings. The average Bonchev–Trinajstić information content (AvgIpc) is 2.74. The maximum absolute atomic E-state index is 12.3. The number of hydrogen-bond donors (Lipinski definition) is 0. The molecule has 0 atom stereocenters. The second-order valence-electron chi connectivity index (χ2n) is 6.35. The van der Waals surface area contributed by atoms with Gasteiger partial charge in [-0.05, 0) is 72.5 Å². The Morgan fingerprint density at radius 1 is 0.571 bits per heavy atom. The van der Waals surface area contributed by atoms with Gasteiger partial charge < -0.3 is 9.47 Å².